The summed E-state index contributed by atoms with van der Waals surface area (Å²) in [5.74, 6) is 0. The molecule has 3 N–H and O–H groups in total. The lowest BCUT2D eigenvalue weighted by Gasteiger charge is -2.04. The molecular formula is C8H10N4O2. The highest BCUT2D eigenvalue weighted by Gasteiger charge is 2.34. The van der Waals surface area contributed by atoms with E-state index < -0.39 is 4.92 Å². The SMILES string of the molecule is NC1CC1Nc1ccncc1[N+](=O)[O-]. The van der Waals surface area contributed by atoms with E-state index in [1.165, 1.54) is 12.4 Å². The molecule has 1 heterocycles. The van der Waals surface area contributed by atoms with E-state index in [1.54, 1.807) is 6.07 Å². The molecule has 1 aliphatic rings. The monoisotopic (exact) mass is 194 g/mol. The fourth-order valence-corrected chi connectivity index (χ4v) is 1.23. The Hall–Kier alpha value is -1.69. The van der Waals surface area contributed by atoms with Gasteiger partial charge in [0.05, 0.1) is 4.92 Å². The van der Waals surface area contributed by atoms with Gasteiger partial charge in [-0.1, -0.05) is 0 Å². The molecule has 2 unspecified atom stereocenters. The Bertz CT molecular complexity index is 368. The molecule has 1 aromatic rings. The molecule has 1 aliphatic carbocycles. The fraction of sp³-hybridized carbons (Fsp3) is 0.375. The molecule has 0 radical (unpaired) electrons. The van der Waals surface area contributed by atoms with Crippen LogP contribution in [0.2, 0.25) is 0 Å². The van der Waals surface area contributed by atoms with Gasteiger partial charge < -0.3 is 11.1 Å². The summed E-state index contributed by atoms with van der Waals surface area (Å²) in [6, 6.07) is 1.86. The van der Waals surface area contributed by atoms with Crippen LogP contribution in [0.25, 0.3) is 0 Å². The molecule has 2 atom stereocenters. The van der Waals surface area contributed by atoms with Crippen LogP contribution < -0.4 is 11.1 Å². The lowest BCUT2D eigenvalue weighted by atomic mass is 10.3. The minimum absolute atomic E-state index is 0.00778. The van der Waals surface area contributed by atoms with Crippen LogP contribution in [0.1, 0.15) is 6.42 Å². The molecule has 0 spiro atoms. The van der Waals surface area contributed by atoms with E-state index in [9.17, 15) is 10.1 Å². The first kappa shape index (κ1) is 8.89. The number of nitrogens with zero attached hydrogens (tertiary/aromatic N) is 2. The minimum Gasteiger partial charge on any atom is -0.375 e. The van der Waals surface area contributed by atoms with E-state index in [2.05, 4.69) is 10.3 Å². The van der Waals surface area contributed by atoms with Gasteiger partial charge in [0.15, 0.2) is 0 Å². The van der Waals surface area contributed by atoms with Crippen molar-refractivity contribution >= 4 is 11.4 Å². The van der Waals surface area contributed by atoms with E-state index in [4.69, 9.17) is 5.73 Å². The zero-order chi connectivity index (χ0) is 10.1. The molecular weight excluding hydrogens is 184 g/mol. The van der Waals surface area contributed by atoms with Gasteiger partial charge in [0, 0.05) is 18.3 Å². The fourth-order valence-electron chi connectivity index (χ4n) is 1.23. The van der Waals surface area contributed by atoms with E-state index in [0.717, 1.165) is 6.42 Å². The van der Waals surface area contributed by atoms with Crippen molar-refractivity contribution in [1.29, 1.82) is 0 Å². The van der Waals surface area contributed by atoms with Crippen molar-refractivity contribution in [2.75, 3.05) is 5.32 Å². The third kappa shape index (κ3) is 1.64. The highest BCUT2D eigenvalue weighted by atomic mass is 16.6. The van der Waals surface area contributed by atoms with Crippen LogP contribution in [0.3, 0.4) is 0 Å². The van der Waals surface area contributed by atoms with Crippen molar-refractivity contribution in [3.63, 3.8) is 0 Å². The smallest absolute Gasteiger partial charge is 0.310 e. The summed E-state index contributed by atoms with van der Waals surface area (Å²) in [4.78, 5) is 13.8. The maximum Gasteiger partial charge on any atom is 0.310 e. The number of nitrogens with two attached hydrogens (primary N) is 1. The number of hydrogen-bond acceptors (Lipinski definition) is 5. The van der Waals surface area contributed by atoms with Crippen molar-refractivity contribution in [2.24, 2.45) is 5.73 Å². The average Bonchev–Trinajstić information content (AvgIpc) is 2.82. The third-order valence-electron chi connectivity index (χ3n) is 2.18. The van der Waals surface area contributed by atoms with E-state index >= 15 is 0 Å². The van der Waals surface area contributed by atoms with Crippen LogP contribution in [0, 0.1) is 10.1 Å². The standard InChI is InChI=1S/C8H10N4O2/c9-5-3-7(5)11-6-1-2-10-4-8(6)12(13)14/h1-2,4-5,7H,3,9H2,(H,10,11). The van der Waals surface area contributed by atoms with Crippen LogP contribution in [-0.4, -0.2) is 22.0 Å². The number of hydrogen-bond donors (Lipinski definition) is 2. The van der Waals surface area contributed by atoms with Crippen LogP contribution in [0.5, 0.6) is 0 Å². The van der Waals surface area contributed by atoms with Gasteiger partial charge in [0.25, 0.3) is 0 Å². The normalized spacial score (nSPS) is 24.4. The van der Waals surface area contributed by atoms with Crippen LogP contribution in [0.15, 0.2) is 18.5 Å². The van der Waals surface area contributed by atoms with Gasteiger partial charge >= 0.3 is 5.69 Å². The summed E-state index contributed by atoms with van der Waals surface area (Å²) < 4.78 is 0. The first-order valence-electron chi connectivity index (χ1n) is 4.29. The second-order valence-electron chi connectivity index (χ2n) is 3.30. The summed E-state index contributed by atoms with van der Waals surface area (Å²) >= 11 is 0. The lowest BCUT2D eigenvalue weighted by Crippen LogP contribution is -2.14. The number of pyridine rings is 1. The van der Waals surface area contributed by atoms with E-state index in [1.807, 2.05) is 0 Å². The first-order valence-corrected chi connectivity index (χ1v) is 4.29. The zero-order valence-corrected chi connectivity index (χ0v) is 7.38. The predicted octanol–water partition coefficient (Wildman–Crippen LogP) is 0.501. The van der Waals surface area contributed by atoms with Gasteiger partial charge in [-0.15, -0.1) is 0 Å². The molecule has 0 aliphatic heterocycles. The largest absolute Gasteiger partial charge is 0.375 e. The van der Waals surface area contributed by atoms with Crippen molar-refractivity contribution in [3.05, 3.63) is 28.6 Å². The number of nitrogens with one attached hydrogen (secondary N) is 1. The van der Waals surface area contributed by atoms with Crippen LogP contribution >= 0.6 is 0 Å². The molecule has 6 heteroatoms. The molecule has 0 amide bonds. The lowest BCUT2D eigenvalue weighted by molar-refractivity contribution is -0.384. The second-order valence-corrected chi connectivity index (χ2v) is 3.30. The van der Waals surface area contributed by atoms with Gasteiger partial charge in [-0.2, -0.15) is 0 Å². The first-order chi connectivity index (χ1) is 6.68. The van der Waals surface area contributed by atoms with E-state index in [0.29, 0.717) is 5.69 Å². The van der Waals surface area contributed by atoms with Gasteiger partial charge in [-0.05, 0) is 12.5 Å². The third-order valence-corrected chi connectivity index (χ3v) is 2.18. The molecule has 1 fully saturated rings. The Labute approximate surface area is 80.3 Å². The molecule has 74 valence electrons. The van der Waals surface area contributed by atoms with Gasteiger partial charge in [-0.3, -0.25) is 15.1 Å². The van der Waals surface area contributed by atoms with E-state index in [-0.39, 0.29) is 17.8 Å². The van der Waals surface area contributed by atoms with Crippen molar-refractivity contribution in [3.8, 4) is 0 Å². The Morgan fingerprint density at radius 2 is 2.43 bits per heavy atom. The number of anilines is 1. The highest BCUT2D eigenvalue weighted by molar-refractivity contribution is 5.60. The summed E-state index contributed by atoms with van der Waals surface area (Å²) in [6.45, 7) is 0. The predicted molar refractivity (Wildman–Crippen MR) is 50.9 cm³/mol. The quantitative estimate of drug-likeness (QED) is 0.539. The van der Waals surface area contributed by atoms with Gasteiger partial charge in [0.1, 0.15) is 11.9 Å². The van der Waals surface area contributed by atoms with Crippen LogP contribution in [-0.2, 0) is 0 Å². The van der Waals surface area contributed by atoms with Crippen molar-refractivity contribution < 1.29 is 4.92 Å². The molecule has 0 saturated heterocycles. The Morgan fingerprint density at radius 3 is 3.00 bits per heavy atom. The number of rotatable bonds is 3. The molecule has 0 bridgehead atoms. The summed E-state index contributed by atoms with van der Waals surface area (Å²) in [5, 5.41) is 13.6. The zero-order valence-electron chi connectivity index (χ0n) is 7.38. The van der Waals surface area contributed by atoms with Gasteiger partial charge in [0.2, 0.25) is 0 Å². The topological polar surface area (TPSA) is 94.1 Å². The number of aromatic nitrogens is 1. The highest BCUT2D eigenvalue weighted by Crippen LogP contribution is 2.28. The van der Waals surface area contributed by atoms with Gasteiger partial charge in [-0.25, -0.2) is 0 Å². The minimum atomic E-state index is -0.455. The molecule has 14 heavy (non-hydrogen) atoms. The summed E-state index contributed by atoms with van der Waals surface area (Å²) in [5.41, 5.74) is 6.07. The van der Waals surface area contributed by atoms with Crippen molar-refractivity contribution in [2.45, 2.75) is 18.5 Å². The van der Waals surface area contributed by atoms with Crippen molar-refractivity contribution in [1.82, 2.24) is 4.98 Å². The summed E-state index contributed by atoms with van der Waals surface area (Å²) in [6.07, 6.45) is 3.61. The molecule has 2 rings (SSSR count). The molecule has 1 aromatic heterocycles. The number of nitro groups is 1. The Kier molecular flexibility index (Phi) is 2.05. The summed E-state index contributed by atoms with van der Waals surface area (Å²) in [7, 11) is 0. The maximum absolute atomic E-state index is 10.6. The second kappa shape index (κ2) is 3.22. The van der Waals surface area contributed by atoms with Crippen LogP contribution in [0.4, 0.5) is 11.4 Å². The average molecular weight is 194 g/mol. The Morgan fingerprint density at radius 1 is 1.71 bits per heavy atom. The maximum atomic E-state index is 10.6. The molecule has 0 aromatic carbocycles. The molecule has 1 saturated carbocycles. The Balaban J connectivity index is 2.19. The molecule has 6 nitrogen and oxygen atoms in total.